The molecule has 5 nitrogen and oxygen atoms in total. The van der Waals surface area contributed by atoms with Crippen molar-refractivity contribution in [3.8, 4) is 0 Å². The number of morpholine rings is 1. The molecule has 1 aliphatic heterocycles. The summed E-state index contributed by atoms with van der Waals surface area (Å²) >= 11 is 6.14. The van der Waals surface area contributed by atoms with Crippen molar-refractivity contribution in [1.82, 2.24) is 4.90 Å². The summed E-state index contributed by atoms with van der Waals surface area (Å²) in [6, 6.07) is 3.72. The molecule has 0 atom stereocenters. The van der Waals surface area contributed by atoms with Gasteiger partial charge in [-0.15, -0.1) is 0 Å². The Morgan fingerprint density at radius 1 is 1.29 bits per heavy atom. The fraction of sp³-hybridized carbons (Fsp3) is 0.467. The summed E-state index contributed by atoms with van der Waals surface area (Å²) in [4.78, 5) is 25.7. The molecule has 2 rings (SSSR count). The molecule has 1 N–H and O–H groups in total. The highest BCUT2D eigenvalue weighted by molar-refractivity contribution is 6.34. The van der Waals surface area contributed by atoms with Crippen LogP contribution >= 0.6 is 11.6 Å². The van der Waals surface area contributed by atoms with E-state index in [0.717, 1.165) is 11.1 Å². The molecule has 114 valence electrons. The minimum absolute atomic E-state index is 0.177. The molecule has 21 heavy (non-hydrogen) atoms. The highest BCUT2D eigenvalue weighted by Crippen LogP contribution is 2.27. The summed E-state index contributed by atoms with van der Waals surface area (Å²) in [5.41, 5.74) is 2.48. The van der Waals surface area contributed by atoms with E-state index < -0.39 is 0 Å². The number of nitrogens with one attached hydrogen (secondary N) is 1. The smallest absolute Gasteiger partial charge is 0.233 e. The summed E-state index contributed by atoms with van der Waals surface area (Å²) in [6.45, 7) is 5.93. The Morgan fingerprint density at radius 3 is 2.57 bits per heavy atom. The summed E-state index contributed by atoms with van der Waals surface area (Å²) in [5.74, 6) is -0.531. The van der Waals surface area contributed by atoms with Crippen LogP contribution < -0.4 is 5.32 Å². The van der Waals surface area contributed by atoms with Crippen LogP contribution in [0.1, 0.15) is 17.5 Å². The number of ether oxygens (including phenoxy) is 1. The molecule has 1 aliphatic rings. The number of carbonyl (C=O) groups is 2. The summed E-state index contributed by atoms with van der Waals surface area (Å²) in [6.07, 6.45) is -0.177. The lowest BCUT2D eigenvalue weighted by Gasteiger charge is -2.26. The maximum absolute atomic E-state index is 12.0. The molecule has 1 fully saturated rings. The number of nitrogens with zero attached hydrogens (tertiary/aromatic N) is 1. The lowest BCUT2D eigenvalue weighted by atomic mass is 10.1. The van der Waals surface area contributed by atoms with Crippen LogP contribution in [0.2, 0.25) is 5.02 Å². The molecule has 0 unspecified atom stereocenters. The Bertz CT molecular complexity index is 531. The van der Waals surface area contributed by atoms with Gasteiger partial charge in [0.2, 0.25) is 11.8 Å². The third-order valence-electron chi connectivity index (χ3n) is 3.37. The first-order valence-electron chi connectivity index (χ1n) is 6.89. The number of anilines is 1. The van der Waals surface area contributed by atoms with Crippen molar-refractivity contribution in [2.45, 2.75) is 20.3 Å². The Labute approximate surface area is 129 Å². The van der Waals surface area contributed by atoms with Gasteiger partial charge in [-0.05, 0) is 31.0 Å². The number of carbonyl (C=O) groups excluding carboxylic acids is 2. The molecule has 1 saturated heterocycles. The number of halogens is 1. The zero-order valence-corrected chi connectivity index (χ0v) is 13.0. The van der Waals surface area contributed by atoms with Crippen LogP contribution in [0.3, 0.4) is 0 Å². The Hall–Kier alpha value is -1.59. The Balaban J connectivity index is 1.97. The molecule has 1 heterocycles. The van der Waals surface area contributed by atoms with Crippen LogP contribution in [0.15, 0.2) is 12.1 Å². The van der Waals surface area contributed by atoms with Crippen LogP contribution in [-0.2, 0) is 14.3 Å². The predicted octanol–water partition coefficient (Wildman–Crippen LogP) is 2.14. The van der Waals surface area contributed by atoms with Crippen LogP contribution in [0.4, 0.5) is 5.69 Å². The van der Waals surface area contributed by atoms with Crippen molar-refractivity contribution in [3.05, 3.63) is 28.3 Å². The molecule has 0 aliphatic carbocycles. The van der Waals surface area contributed by atoms with Gasteiger partial charge in [0, 0.05) is 13.1 Å². The molecule has 1 aromatic rings. The van der Waals surface area contributed by atoms with Gasteiger partial charge in [0.25, 0.3) is 0 Å². The predicted molar refractivity (Wildman–Crippen MR) is 81.6 cm³/mol. The highest BCUT2D eigenvalue weighted by Gasteiger charge is 2.20. The van der Waals surface area contributed by atoms with E-state index in [-0.39, 0.29) is 18.2 Å². The number of aryl methyl sites for hydroxylation is 2. The topological polar surface area (TPSA) is 58.6 Å². The van der Waals surface area contributed by atoms with Crippen molar-refractivity contribution in [3.63, 3.8) is 0 Å². The van der Waals surface area contributed by atoms with Gasteiger partial charge in [-0.2, -0.15) is 0 Å². The Morgan fingerprint density at radius 2 is 1.95 bits per heavy atom. The van der Waals surface area contributed by atoms with Gasteiger partial charge in [0.15, 0.2) is 0 Å². The van der Waals surface area contributed by atoms with Gasteiger partial charge in [-0.3, -0.25) is 9.59 Å². The van der Waals surface area contributed by atoms with E-state index in [4.69, 9.17) is 16.3 Å². The first kappa shape index (κ1) is 15.8. The van der Waals surface area contributed by atoms with Crippen molar-refractivity contribution in [1.29, 1.82) is 0 Å². The number of hydrogen-bond acceptors (Lipinski definition) is 3. The fourth-order valence-corrected chi connectivity index (χ4v) is 2.69. The Kier molecular flexibility index (Phi) is 5.20. The molecule has 0 aromatic heterocycles. The molecule has 0 radical (unpaired) electrons. The summed E-state index contributed by atoms with van der Waals surface area (Å²) in [7, 11) is 0. The number of hydrogen-bond donors (Lipinski definition) is 1. The molecule has 2 amide bonds. The van der Waals surface area contributed by atoms with Gasteiger partial charge in [0.1, 0.15) is 6.42 Å². The van der Waals surface area contributed by atoms with Crippen molar-refractivity contribution in [2.75, 3.05) is 31.6 Å². The average Bonchev–Trinajstić information content (AvgIpc) is 2.43. The van der Waals surface area contributed by atoms with E-state index in [2.05, 4.69) is 5.32 Å². The van der Waals surface area contributed by atoms with Gasteiger partial charge in [-0.25, -0.2) is 0 Å². The van der Waals surface area contributed by atoms with Gasteiger partial charge in [-0.1, -0.05) is 17.7 Å². The first-order valence-corrected chi connectivity index (χ1v) is 7.27. The third kappa shape index (κ3) is 4.19. The van der Waals surface area contributed by atoms with Crippen LogP contribution in [0.25, 0.3) is 0 Å². The van der Waals surface area contributed by atoms with E-state index in [9.17, 15) is 9.59 Å². The molecule has 0 spiro atoms. The third-order valence-corrected chi connectivity index (χ3v) is 3.67. The lowest BCUT2D eigenvalue weighted by molar-refractivity contribution is -0.138. The standard InChI is InChI=1S/C15H19ClN2O3/c1-10-7-11(2)15(12(16)8-10)17-13(19)9-14(20)18-3-5-21-6-4-18/h7-8H,3-6,9H2,1-2H3,(H,17,19). The fourth-order valence-electron chi connectivity index (χ4n) is 2.32. The quantitative estimate of drug-likeness (QED) is 0.870. The van der Waals surface area contributed by atoms with E-state index in [1.807, 2.05) is 19.9 Å². The lowest BCUT2D eigenvalue weighted by Crippen LogP contribution is -2.42. The average molecular weight is 311 g/mol. The second kappa shape index (κ2) is 6.91. The minimum Gasteiger partial charge on any atom is -0.378 e. The van der Waals surface area contributed by atoms with Gasteiger partial charge in [0.05, 0.1) is 23.9 Å². The molecule has 0 saturated carbocycles. The van der Waals surface area contributed by atoms with Gasteiger partial charge < -0.3 is 15.0 Å². The monoisotopic (exact) mass is 310 g/mol. The number of amides is 2. The second-order valence-corrected chi connectivity index (χ2v) is 5.56. The van der Waals surface area contributed by atoms with E-state index in [1.165, 1.54) is 0 Å². The normalized spacial score (nSPS) is 14.9. The number of benzene rings is 1. The summed E-state index contributed by atoms with van der Waals surface area (Å²) < 4.78 is 5.18. The molecular weight excluding hydrogens is 292 g/mol. The largest absolute Gasteiger partial charge is 0.378 e. The second-order valence-electron chi connectivity index (χ2n) is 5.16. The van der Waals surface area contributed by atoms with E-state index >= 15 is 0 Å². The zero-order valence-electron chi connectivity index (χ0n) is 12.2. The number of rotatable bonds is 3. The highest BCUT2D eigenvalue weighted by atomic mass is 35.5. The minimum atomic E-state index is -0.347. The van der Waals surface area contributed by atoms with Crippen LogP contribution in [0, 0.1) is 13.8 Å². The maximum atomic E-state index is 12.0. The van der Waals surface area contributed by atoms with Crippen LogP contribution in [0.5, 0.6) is 0 Å². The van der Waals surface area contributed by atoms with Crippen molar-refractivity contribution >= 4 is 29.1 Å². The zero-order chi connectivity index (χ0) is 15.4. The van der Waals surface area contributed by atoms with Gasteiger partial charge >= 0.3 is 0 Å². The molecule has 6 heteroatoms. The van der Waals surface area contributed by atoms with Crippen molar-refractivity contribution in [2.24, 2.45) is 0 Å². The molecule has 0 bridgehead atoms. The van der Waals surface area contributed by atoms with E-state index in [1.54, 1.807) is 11.0 Å². The molecular formula is C15H19ClN2O3. The van der Waals surface area contributed by atoms with Crippen molar-refractivity contribution < 1.29 is 14.3 Å². The molecule has 1 aromatic carbocycles. The maximum Gasteiger partial charge on any atom is 0.233 e. The van der Waals surface area contributed by atoms with E-state index in [0.29, 0.717) is 37.0 Å². The first-order chi connectivity index (χ1) is 9.97. The SMILES string of the molecule is Cc1cc(C)c(NC(=O)CC(=O)N2CCOCC2)c(Cl)c1. The van der Waals surface area contributed by atoms with Crippen LogP contribution in [-0.4, -0.2) is 43.0 Å². The summed E-state index contributed by atoms with van der Waals surface area (Å²) in [5, 5.41) is 3.21.